The first-order valence-corrected chi connectivity index (χ1v) is 7.60. The molecule has 5 nitrogen and oxygen atoms in total. The minimum absolute atomic E-state index is 0.329. The van der Waals surface area contributed by atoms with Crippen molar-refractivity contribution in [3.05, 3.63) is 0 Å². The molecule has 7 heteroatoms. The number of ether oxygens (including phenoxy) is 1. The summed E-state index contributed by atoms with van der Waals surface area (Å²) in [5.41, 5.74) is 0. The molecule has 0 aromatic carbocycles. The average Bonchev–Trinajstić information content (AvgIpc) is 2.01. The van der Waals surface area contributed by atoms with Crippen LogP contribution in [0.5, 0.6) is 0 Å². The summed E-state index contributed by atoms with van der Waals surface area (Å²) in [4.78, 5) is 0. The lowest BCUT2D eigenvalue weighted by Crippen LogP contribution is -2.05. The third-order valence-corrected chi connectivity index (χ3v) is 2.29. The molecular formula is C6H16O5P2. The Morgan fingerprint density at radius 1 is 0.846 bits per heavy atom. The second kappa shape index (κ2) is 8.92. The summed E-state index contributed by atoms with van der Waals surface area (Å²) in [6, 6.07) is 0. The molecule has 0 aliphatic heterocycles. The first kappa shape index (κ1) is 13.3. The van der Waals surface area contributed by atoms with Gasteiger partial charge in [-0.2, -0.15) is 0 Å². The highest BCUT2D eigenvalue weighted by Crippen LogP contribution is 2.14. The third kappa shape index (κ3) is 12.3. The fraction of sp³-hybridized carbons (Fsp3) is 1.00. The van der Waals surface area contributed by atoms with Crippen molar-refractivity contribution in [3.8, 4) is 0 Å². The summed E-state index contributed by atoms with van der Waals surface area (Å²) < 4.78 is 35.6. The van der Waals surface area contributed by atoms with Crippen LogP contribution in [0.2, 0.25) is 0 Å². The van der Waals surface area contributed by atoms with Crippen LogP contribution in [0.4, 0.5) is 0 Å². The molecule has 13 heavy (non-hydrogen) atoms. The summed E-state index contributed by atoms with van der Waals surface area (Å²) in [6.45, 7) is 4.48. The maximum absolute atomic E-state index is 10.5. The van der Waals surface area contributed by atoms with E-state index >= 15 is 0 Å². The van der Waals surface area contributed by atoms with Crippen molar-refractivity contribution < 1.29 is 22.9 Å². The zero-order valence-electron chi connectivity index (χ0n) is 7.87. The largest absolute Gasteiger partial charge is 0.377 e. The molecule has 0 N–H and O–H groups in total. The van der Waals surface area contributed by atoms with E-state index in [-0.39, 0.29) is 0 Å². The standard InChI is InChI=1S/C6H16O5P2/c1-12(7)10-5-3-9-4-6-11-13(2)8/h12-13H,3-6H2,1-2H3. The molecule has 0 amide bonds. The Morgan fingerprint density at radius 2 is 1.23 bits per heavy atom. The van der Waals surface area contributed by atoms with E-state index in [0.29, 0.717) is 26.4 Å². The van der Waals surface area contributed by atoms with Gasteiger partial charge in [0, 0.05) is 13.3 Å². The van der Waals surface area contributed by atoms with E-state index < -0.39 is 16.1 Å². The maximum Gasteiger partial charge on any atom is 0.188 e. The van der Waals surface area contributed by atoms with Gasteiger partial charge in [0.1, 0.15) is 0 Å². The van der Waals surface area contributed by atoms with E-state index in [2.05, 4.69) is 0 Å². The Labute approximate surface area is 79.5 Å². The van der Waals surface area contributed by atoms with Crippen LogP contribution in [-0.2, 0) is 22.9 Å². The van der Waals surface area contributed by atoms with E-state index in [1.165, 1.54) is 13.3 Å². The van der Waals surface area contributed by atoms with Gasteiger partial charge < -0.3 is 13.8 Å². The van der Waals surface area contributed by atoms with Crippen LogP contribution in [0, 0.1) is 0 Å². The summed E-state index contributed by atoms with van der Waals surface area (Å²) in [7, 11) is -3.69. The van der Waals surface area contributed by atoms with Crippen LogP contribution in [0.25, 0.3) is 0 Å². The average molecular weight is 230 g/mol. The van der Waals surface area contributed by atoms with Crippen LogP contribution in [0.1, 0.15) is 0 Å². The highest BCUT2D eigenvalue weighted by molar-refractivity contribution is 7.38. The van der Waals surface area contributed by atoms with Gasteiger partial charge in [0.2, 0.25) is 0 Å². The Morgan fingerprint density at radius 3 is 1.54 bits per heavy atom. The molecule has 2 unspecified atom stereocenters. The summed E-state index contributed by atoms with van der Waals surface area (Å²) in [6.07, 6.45) is 0. The molecule has 0 spiro atoms. The third-order valence-electron chi connectivity index (χ3n) is 1.07. The second-order valence-corrected chi connectivity index (χ2v) is 4.84. The molecular weight excluding hydrogens is 214 g/mol. The van der Waals surface area contributed by atoms with Crippen LogP contribution in [-0.4, -0.2) is 39.8 Å². The van der Waals surface area contributed by atoms with Gasteiger partial charge in [0.25, 0.3) is 0 Å². The monoisotopic (exact) mass is 230 g/mol. The molecule has 0 saturated heterocycles. The van der Waals surface area contributed by atoms with Gasteiger partial charge in [-0.3, -0.25) is 9.13 Å². The van der Waals surface area contributed by atoms with E-state index in [9.17, 15) is 9.13 Å². The quantitative estimate of drug-likeness (QED) is 0.463. The fourth-order valence-electron chi connectivity index (χ4n) is 0.591. The highest BCUT2D eigenvalue weighted by atomic mass is 31.1. The van der Waals surface area contributed by atoms with Crippen LogP contribution >= 0.6 is 16.1 Å². The minimum atomic E-state index is -1.85. The smallest absolute Gasteiger partial charge is 0.188 e. The van der Waals surface area contributed by atoms with Crippen molar-refractivity contribution in [1.82, 2.24) is 0 Å². The molecule has 0 bridgehead atoms. The molecule has 2 atom stereocenters. The van der Waals surface area contributed by atoms with Gasteiger partial charge in [0.05, 0.1) is 26.4 Å². The Hall–Kier alpha value is 0.340. The zero-order valence-corrected chi connectivity index (χ0v) is 9.87. The molecule has 0 saturated carbocycles. The Balaban J connectivity index is 3.00. The second-order valence-electron chi connectivity index (χ2n) is 2.29. The summed E-state index contributed by atoms with van der Waals surface area (Å²) in [5.74, 6) is 0. The van der Waals surface area contributed by atoms with E-state index in [0.717, 1.165) is 0 Å². The van der Waals surface area contributed by atoms with Gasteiger partial charge in [-0.05, 0) is 0 Å². The number of rotatable bonds is 8. The van der Waals surface area contributed by atoms with Gasteiger partial charge in [-0.25, -0.2) is 0 Å². The molecule has 0 aromatic rings. The minimum Gasteiger partial charge on any atom is -0.377 e. The van der Waals surface area contributed by atoms with Crippen molar-refractivity contribution in [2.75, 3.05) is 39.8 Å². The first-order valence-electron chi connectivity index (χ1n) is 3.97. The molecule has 0 aromatic heterocycles. The fourth-order valence-corrected chi connectivity index (χ4v) is 1.33. The Kier molecular flexibility index (Phi) is 9.15. The van der Waals surface area contributed by atoms with Crippen molar-refractivity contribution in [1.29, 1.82) is 0 Å². The number of hydrogen-bond acceptors (Lipinski definition) is 5. The van der Waals surface area contributed by atoms with E-state index in [4.69, 9.17) is 13.8 Å². The lowest BCUT2D eigenvalue weighted by Gasteiger charge is -2.03. The molecule has 0 aliphatic rings. The van der Waals surface area contributed by atoms with Crippen LogP contribution in [0.15, 0.2) is 0 Å². The molecule has 0 fully saturated rings. The SMILES string of the molecule is C[PH](=O)OCCOCCO[PH](C)=O. The van der Waals surface area contributed by atoms with Crippen LogP contribution in [0.3, 0.4) is 0 Å². The summed E-state index contributed by atoms with van der Waals surface area (Å²) in [5, 5.41) is 0. The molecule has 0 radical (unpaired) electrons. The van der Waals surface area contributed by atoms with Crippen molar-refractivity contribution in [2.24, 2.45) is 0 Å². The number of hydrogen-bond donors (Lipinski definition) is 0. The van der Waals surface area contributed by atoms with Crippen LogP contribution < -0.4 is 0 Å². The zero-order chi connectivity index (χ0) is 10.1. The van der Waals surface area contributed by atoms with Gasteiger partial charge in [-0.1, -0.05) is 0 Å². The topological polar surface area (TPSA) is 61.8 Å². The summed E-state index contributed by atoms with van der Waals surface area (Å²) >= 11 is 0. The molecule has 0 aliphatic carbocycles. The lowest BCUT2D eigenvalue weighted by atomic mass is 10.7. The van der Waals surface area contributed by atoms with Crippen molar-refractivity contribution >= 4 is 16.1 Å². The molecule has 0 heterocycles. The van der Waals surface area contributed by atoms with Gasteiger partial charge >= 0.3 is 0 Å². The predicted molar refractivity (Wildman–Crippen MR) is 52.6 cm³/mol. The molecule has 80 valence electrons. The maximum atomic E-state index is 10.5. The first-order chi connectivity index (χ1) is 6.13. The predicted octanol–water partition coefficient (Wildman–Crippen LogP) is 1.25. The van der Waals surface area contributed by atoms with Gasteiger partial charge in [0.15, 0.2) is 16.1 Å². The van der Waals surface area contributed by atoms with E-state index in [1.54, 1.807) is 0 Å². The Bertz CT molecular complexity index is 154. The van der Waals surface area contributed by atoms with Crippen molar-refractivity contribution in [3.63, 3.8) is 0 Å². The van der Waals surface area contributed by atoms with Crippen molar-refractivity contribution in [2.45, 2.75) is 0 Å². The van der Waals surface area contributed by atoms with E-state index in [1.807, 2.05) is 0 Å². The molecule has 0 rings (SSSR count). The highest BCUT2D eigenvalue weighted by Gasteiger charge is 1.93. The normalized spacial score (nSPS) is 15.5. The van der Waals surface area contributed by atoms with Gasteiger partial charge in [-0.15, -0.1) is 0 Å². The lowest BCUT2D eigenvalue weighted by molar-refractivity contribution is 0.0807.